The molecule has 0 bridgehead atoms. The lowest BCUT2D eigenvalue weighted by Crippen LogP contribution is -2.33. The quantitative estimate of drug-likeness (QED) is 0.819. The van der Waals surface area contributed by atoms with Gasteiger partial charge in [-0.2, -0.15) is 0 Å². The second kappa shape index (κ2) is 4.29. The lowest BCUT2D eigenvalue weighted by atomic mass is 10.0. The predicted molar refractivity (Wildman–Crippen MR) is 56.9 cm³/mol. The molecule has 1 atom stereocenters. The van der Waals surface area contributed by atoms with Gasteiger partial charge in [-0.3, -0.25) is 4.79 Å². The van der Waals surface area contributed by atoms with Gasteiger partial charge in [0.1, 0.15) is 6.04 Å². The minimum atomic E-state index is -0.974. The fraction of sp³-hybridized carbons (Fsp3) is 0.455. The predicted octanol–water partition coefficient (Wildman–Crippen LogP) is 1.44. The smallest absolute Gasteiger partial charge is 0.327 e. The maximum absolute atomic E-state index is 11.7. The fourth-order valence-corrected chi connectivity index (χ4v) is 1.57. The molecule has 1 N–H and O–H groups in total. The zero-order valence-corrected chi connectivity index (χ0v) is 9.10. The molecule has 1 aromatic rings. The molecular formula is C11H15NO3. The third-order valence-corrected chi connectivity index (χ3v) is 2.35. The molecule has 1 heterocycles. The third-order valence-electron chi connectivity index (χ3n) is 2.35. The zero-order valence-electron chi connectivity index (χ0n) is 9.10. The van der Waals surface area contributed by atoms with Gasteiger partial charge >= 0.3 is 5.97 Å². The number of carboxylic acids is 1. The molecule has 0 saturated carbocycles. The lowest BCUT2D eigenvalue weighted by Gasteiger charge is -2.19. The monoisotopic (exact) mass is 209 g/mol. The zero-order chi connectivity index (χ0) is 11.6. The maximum atomic E-state index is 11.7. The van der Waals surface area contributed by atoms with Crippen molar-refractivity contribution in [2.75, 3.05) is 0 Å². The summed E-state index contributed by atoms with van der Waals surface area (Å²) in [5.41, 5.74) is 0.322. The number of carboxylic acid groups (broad SMARTS) is 1. The highest BCUT2D eigenvalue weighted by Gasteiger charge is 2.24. The Morgan fingerprint density at radius 2 is 2.07 bits per heavy atom. The normalized spacial score (nSPS) is 12.8. The van der Waals surface area contributed by atoms with Crippen LogP contribution in [-0.4, -0.2) is 15.6 Å². The molecule has 82 valence electrons. The summed E-state index contributed by atoms with van der Waals surface area (Å²) in [6.45, 7) is 5.25. The first-order valence-electron chi connectivity index (χ1n) is 4.85. The van der Waals surface area contributed by atoms with Crippen molar-refractivity contribution in [1.82, 2.24) is 4.57 Å². The molecule has 0 aliphatic heterocycles. The highest BCUT2D eigenvalue weighted by molar-refractivity contribution is 5.72. The van der Waals surface area contributed by atoms with Gasteiger partial charge in [-0.05, 0) is 18.9 Å². The van der Waals surface area contributed by atoms with Gasteiger partial charge in [0, 0.05) is 11.8 Å². The van der Waals surface area contributed by atoms with E-state index in [9.17, 15) is 9.59 Å². The largest absolute Gasteiger partial charge is 0.480 e. The molecule has 0 radical (unpaired) electrons. The Kier molecular flexibility index (Phi) is 3.29. The van der Waals surface area contributed by atoms with Crippen LogP contribution in [0.5, 0.6) is 0 Å². The second-order valence-corrected chi connectivity index (χ2v) is 3.93. The van der Waals surface area contributed by atoms with Crippen molar-refractivity contribution in [1.29, 1.82) is 0 Å². The number of pyridine rings is 1. The fourth-order valence-electron chi connectivity index (χ4n) is 1.57. The molecule has 1 rings (SSSR count). The summed E-state index contributed by atoms with van der Waals surface area (Å²) < 4.78 is 1.28. The van der Waals surface area contributed by atoms with Gasteiger partial charge in [0.15, 0.2) is 0 Å². The summed E-state index contributed by atoms with van der Waals surface area (Å²) in [5.74, 6) is -1.10. The van der Waals surface area contributed by atoms with Crippen molar-refractivity contribution in [3.63, 3.8) is 0 Å². The summed E-state index contributed by atoms with van der Waals surface area (Å²) in [6, 6.07) is 2.57. The Morgan fingerprint density at radius 1 is 1.47 bits per heavy atom. The van der Waals surface area contributed by atoms with E-state index in [1.54, 1.807) is 32.9 Å². The van der Waals surface area contributed by atoms with Gasteiger partial charge in [-0.1, -0.05) is 19.9 Å². The molecule has 0 spiro atoms. The standard InChI is InChI=1S/C11H15NO3/c1-7(2)9(11(14)15)12-6-4-5-8(3)10(12)13/h4-7,9H,1-3H3,(H,14,15). The summed E-state index contributed by atoms with van der Waals surface area (Å²) in [5, 5.41) is 9.05. The number of nitrogens with zero attached hydrogens (tertiary/aromatic N) is 1. The highest BCUT2D eigenvalue weighted by Crippen LogP contribution is 2.15. The van der Waals surface area contributed by atoms with Crippen molar-refractivity contribution in [3.8, 4) is 0 Å². The van der Waals surface area contributed by atoms with Crippen molar-refractivity contribution < 1.29 is 9.90 Å². The van der Waals surface area contributed by atoms with Crippen LogP contribution in [0.2, 0.25) is 0 Å². The van der Waals surface area contributed by atoms with Gasteiger partial charge in [0.25, 0.3) is 5.56 Å². The minimum absolute atomic E-state index is 0.123. The van der Waals surface area contributed by atoms with Crippen LogP contribution in [0.4, 0.5) is 0 Å². The van der Waals surface area contributed by atoms with Crippen molar-refractivity contribution in [2.24, 2.45) is 5.92 Å². The Hall–Kier alpha value is -1.58. The Morgan fingerprint density at radius 3 is 2.53 bits per heavy atom. The van der Waals surface area contributed by atoms with E-state index in [2.05, 4.69) is 0 Å². The third kappa shape index (κ3) is 2.26. The molecule has 0 aliphatic rings. The topological polar surface area (TPSA) is 59.3 Å². The van der Waals surface area contributed by atoms with Crippen molar-refractivity contribution in [3.05, 3.63) is 34.2 Å². The molecule has 1 aromatic heterocycles. The van der Waals surface area contributed by atoms with Crippen LogP contribution in [0.25, 0.3) is 0 Å². The number of aryl methyl sites for hydroxylation is 1. The van der Waals surface area contributed by atoms with Gasteiger partial charge in [-0.15, -0.1) is 0 Å². The summed E-state index contributed by atoms with van der Waals surface area (Å²) in [6.07, 6.45) is 1.52. The maximum Gasteiger partial charge on any atom is 0.327 e. The van der Waals surface area contributed by atoms with Gasteiger partial charge in [0.05, 0.1) is 0 Å². The number of hydrogen-bond acceptors (Lipinski definition) is 2. The molecule has 0 amide bonds. The van der Waals surface area contributed by atoms with Crippen LogP contribution in [0.15, 0.2) is 23.1 Å². The summed E-state index contributed by atoms with van der Waals surface area (Å²) >= 11 is 0. The van der Waals surface area contributed by atoms with E-state index in [1.807, 2.05) is 0 Å². The van der Waals surface area contributed by atoms with E-state index in [-0.39, 0.29) is 11.5 Å². The number of rotatable bonds is 3. The number of carbonyl (C=O) groups is 1. The van der Waals surface area contributed by atoms with E-state index in [1.165, 1.54) is 10.8 Å². The molecule has 4 nitrogen and oxygen atoms in total. The Bertz CT molecular complexity index is 420. The van der Waals surface area contributed by atoms with Crippen LogP contribution in [-0.2, 0) is 4.79 Å². The van der Waals surface area contributed by atoms with E-state index in [0.29, 0.717) is 5.56 Å². The number of hydrogen-bond donors (Lipinski definition) is 1. The van der Waals surface area contributed by atoms with Crippen LogP contribution in [0, 0.1) is 12.8 Å². The molecule has 1 unspecified atom stereocenters. The average molecular weight is 209 g/mol. The van der Waals surface area contributed by atoms with Crippen LogP contribution in [0.3, 0.4) is 0 Å². The number of aromatic nitrogens is 1. The molecule has 0 saturated heterocycles. The molecule has 0 aromatic carbocycles. The van der Waals surface area contributed by atoms with E-state index >= 15 is 0 Å². The van der Waals surface area contributed by atoms with Crippen LogP contribution < -0.4 is 5.56 Å². The van der Waals surface area contributed by atoms with Gasteiger partial charge in [0.2, 0.25) is 0 Å². The molecule has 0 fully saturated rings. The van der Waals surface area contributed by atoms with Gasteiger partial charge in [-0.25, -0.2) is 4.79 Å². The lowest BCUT2D eigenvalue weighted by molar-refractivity contribution is -0.142. The first kappa shape index (κ1) is 11.5. The van der Waals surface area contributed by atoms with Crippen molar-refractivity contribution in [2.45, 2.75) is 26.8 Å². The van der Waals surface area contributed by atoms with Crippen molar-refractivity contribution >= 4 is 5.97 Å². The summed E-state index contributed by atoms with van der Waals surface area (Å²) in [4.78, 5) is 22.8. The molecule has 4 heteroatoms. The molecular weight excluding hydrogens is 194 g/mol. The van der Waals surface area contributed by atoms with E-state index in [0.717, 1.165) is 0 Å². The summed E-state index contributed by atoms with van der Waals surface area (Å²) in [7, 11) is 0. The molecule has 0 aliphatic carbocycles. The van der Waals surface area contributed by atoms with E-state index < -0.39 is 12.0 Å². The SMILES string of the molecule is Cc1cccn(C(C(=O)O)C(C)C)c1=O. The van der Waals surface area contributed by atoms with Crippen LogP contribution in [0.1, 0.15) is 25.5 Å². The van der Waals surface area contributed by atoms with E-state index in [4.69, 9.17) is 5.11 Å². The second-order valence-electron chi connectivity index (χ2n) is 3.93. The van der Waals surface area contributed by atoms with Crippen LogP contribution >= 0.6 is 0 Å². The Balaban J connectivity index is 3.30. The first-order valence-corrected chi connectivity index (χ1v) is 4.85. The molecule has 15 heavy (non-hydrogen) atoms. The average Bonchev–Trinajstić information content (AvgIpc) is 2.11. The van der Waals surface area contributed by atoms with Gasteiger partial charge < -0.3 is 9.67 Å². The first-order chi connectivity index (χ1) is 6.95. The number of aliphatic carboxylic acids is 1. The Labute approximate surface area is 88.2 Å². The minimum Gasteiger partial charge on any atom is -0.480 e. The highest BCUT2D eigenvalue weighted by atomic mass is 16.4.